The van der Waals surface area contributed by atoms with Crippen molar-refractivity contribution in [2.45, 2.75) is 40.7 Å². The van der Waals surface area contributed by atoms with Gasteiger partial charge in [0.1, 0.15) is 5.69 Å². The van der Waals surface area contributed by atoms with Crippen molar-refractivity contribution in [2.24, 2.45) is 5.41 Å². The third-order valence-corrected chi connectivity index (χ3v) is 4.90. The number of H-pyrrole nitrogens is 1. The number of hydrogen-bond acceptors (Lipinski definition) is 4. The number of alkyl halides is 2. The van der Waals surface area contributed by atoms with Gasteiger partial charge in [0.05, 0.1) is 17.0 Å². The number of aromatic amines is 1. The summed E-state index contributed by atoms with van der Waals surface area (Å²) in [6, 6.07) is 4.81. The molecule has 3 aromatic rings. The summed E-state index contributed by atoms with van der Waals surface area (Å²) in [5, 5.41) is 5.01. The van der Waals surface area contributed by atoms with E-state index in [0.717, 1.165) is 12.3 Å². The van der Waals surface area contributed by atoms with Crippen molar-refractivity contribution in [3.8, 4) is 11.3 Å². The standard InChI is InChI=1S/C23H23F4N5O2/c1-11-17(13-6-5-7-15(24)16(13)25)31-22(30-11)32-20(33)14-8-12(9-28-18(14)19(26)27)10-29-21(34)23(2,3)4/h5-9,19H,10H2,1-4H3,(H,29,34)(H2,30,31,32,33). The van der Waals surface area contributed by atoms with Crippen LogP contribution >= 0.6 is 0 Å². The van der Waals surface area contributed by atoms with Crippen molar-refractivity contribution in [2.75, 3.05) is 5.32 Å². The summed E-state index contributed by atoms with van der Waals surface area (Å²) in [7, 11) is 0. The molecule has 180 valence electrons. The number of carbonyl (C=O) groups excluding carboxylic acids is 2. The number of pyridine rings is 1. The SMILES string of the molecule is Cc1nc(NC(=O)c2cc(CNC(=O)C(C)(C)C)cnc2C(F)F)[nH]c1-c1cccc(F)c1F. The van der Waals surface area contributed by atoms with Crippen molar-refractivity contribution in [3.63, 3.8) is 0 Å². The number of aromatic nitrogens is 3. The van der Waals surface area contributed by atoms with Gasteiger partial charge in [-0.1, -0.05) is 26.8 Å². The molecule has 0 aliphatic carbocycles. The van der Waals surface area contributed by atoms with Crippen molar-refractivity contribution in [3.05, 3.63) is 64.6 Å². The van der Waals surface area contributed by atoms with Gasteiger partial charge >= 0.3 is 0 Å². The molecule has 2 amide bonds. The topological polar surface area (TPSA) is 99.8 Å². The monoisotopic (exact) mass is 477 g/mol. The Kier molecular flexibility index (Phi) is 7.04. The number of benzene rings is 1. The Labute approximate surface area is 193 Å². The highest BCUT2D eigenvalue weighted by Crippen LogP contribution is 2.28. The first-order valence-corrected chi connectivity index (χ1v) is 10.3. The zero-order chi connectivity index (χ0) is 25.2. The van der Waals surface area contributed by atoms with Crippen molar-refractivity contribution in [1.82, 2.24) is 20.3 Å². The lowest BCUT2D eigenvalue weighted by Gasteiger charge is -2.18. The van der Waals surface area contributed by atoms with Gasteiger partial charge in [-0.25, -0.2) is 22.5 Å². The van der Waals surface area contributed by atoms with E-state index < -0.39 is 40.6 Å². The van der Waals surface area contributed by atoms with Crippen molar-refractivity contribution >= 4 is 17.8 Å². The molecule has 0 unspecified atom stereocenters. The number of aryl methyl sites for hydroxylation is 1. The molecule has 0 spiro atoms. The molecule has 11 heteroatoms. The molecule has 0 fully saturated rings. The number of hydrogen-bond donors (Lipinski definition) is 3. The van der Waals surface area contributed by atoms with Crippen LogP contribution in [0.1, 0.15) is 54.5 Å². The first kappa shape index (κ1) is 24.9. The van der Waals surface area contributed by atoms with Crippen LogP contribution < -0.4 is 10.6 Å². The minimum atomic E-state index is -3.03. The highest BCUT2D eigenvalue weighted by molar-refractivity contribution is 6.04. The van der Waals surface area contributed by atoms with E-state index in [9.17, 15) is 27.2 Å². The number of carbonyl (C=O) groups is 2. The van der Waals surface area contributed by atoms with Crippen LogP contribution in [0.5, 0.6) is 0 Å². The zero-order valence-corrected chi connectivity index (χ0v) is 18.9. The fraction of sp³-hybridized carbons (Fsp3) is 0.304. The van der Waals surface area contributed by atoms with Crippen LogP contribution in [0.2, 0.25) is 0 Å². The van der Waals surface area contributed by atoms with Crippen LogP contribution in [-0.4, -0.2) is 26.8 Å². The Bertz CT molecular complexity index is 1230. The van der Waals surface area contributed by atoms with Crippen LogP contribution in [0.15, 0.2) is 30.5 Å². The van der Waals surface area contributed by atoms with E-state index in [-0.39, 0.29) is 35.4 Å². The molecule has 3 N–H and O–H groups in total. The highest BCUT2D eigenvalue weighted by atomic mass is 19.3. The largest absolute Gasteiger partial charge is 0.352 e. The Hall–Kier alpha value is -3.76. The van der Waals surface area contributed by atoms with Crippen molar-refractivity contribution in [1.29, 1.82) is 0 Å². The average molecular weight is 477 g/mol. The third kappa shape index (κ3) is 5.41. The van der Waals surface area contributed by atoms with Crippen molar-refractivity contribution < 1.29 is 27.2 Å². The molecule has 2 aromatic heterocycles. The average Bonchev–Trinajstić information content (AvgIpc) is 3.12. The zero-order valence-electron chi connectivity index (χ0n) is 18.9. The molecule has 0 aliphatic rings. The lowest BCUT2D eigenvalue weighted by Crippen LogP contribution is -2.34. The van der Waals surface area contributed by atoms with Gasteiger partial charge in [0.25, 0.3) is 12.3 Å². The van der Waals surface area contributed by atoms with Gasteiger partial charge in [-0.05, 0) is 30.7 Å². The second kappa shape index (κ2) is 9.62. The Balaban J connectivity index is 1.86. The number of nitrogens with zero attached hydrogens (tertiary/aromatic N) is 2. The minimum Gasteiger partial charge on any atom is -0.352 e. The number of anilines is 1. The number of nitrogens with one attached hydrogen (secondary N) is 3. The molecule has 1 aromatic carbocycles. The summed E-state index contributed by atoms with van der Waals surface area (Å²) in [6.07, 6.45) is -1.88. The van der Waals surface area contributed by atoms with Crippen LogP contribution in [0.3, 0.4) is 0 Å². The summed E-state index contributed by atoms with van der Waals surface area (Å²) in [4.78, 5) is 35.3. The van der Waals surface area contributed by atoms with Crippen LogP contribution in [0.25, 0.3) is 11.3 Å². The lowest BCUT2D eigenvalue weighted by atomic mass is 9.95. The van der Waals surface area contributed by atoms with Gasteiger partial charge in [-0.3, -0.25) is 19.9 Å². The highest BCUT2D eigenvalue weighted by Gasteiger charge is 2.24. The van der Waals surface area contributed by atoms with Crippen LogP contribution in [0.4, 0.5) is 23.5 Å². The fourth-order valence-corrected chi connectivity index (χ4v) is 3.07. The summed E-state index contributed by atoms with van der Waals surface area (Å²) in [5.41, 5.74) is -1.20. The molecule has 0 bridgehead atoms. The maximum absolute atomic E-state index is 14.2. The fourth-order valence-electron chi connectivity index (χ4n) is 3.07. The Morgan fingerprint density at radius 3 is 2.53 bits per heavy atom. The summed E-state index contributed by atoms with van der Waals surface area (Å²) in [6.45, 7) is 6.64. The van der Waals surface area contributed by atoms with Gasteiger partial charge in [-0.2, -0.15) is 0 Å². The predicted molar refractivity (Wildman–Crippen MR) is 117 cm³/mol. The molecule has 2 heterocycles. The predicted octanol–water partition coefficient (Wildman–Crippen LogP) is 4.91. The summed E-state index contributed by atoms with van der Waals surface area (Å²) < 4.78 is 54.7. The smallest absolute Gasteiger partial charge is 0.281 e. The van der Waals surface area contributed by atoms with Gasteiger partial charge in [0.2, 0.25) is 11.9 Å². The van der Waals surface area contributed by atoms with E-state index in [2.05, 4.69) is 25.6 Å². The van der Waals surface area contributed by atoms with Gasteiger partial charge in [0.15, 0.2) is 11.6 Å². The molecule has 7 nitrogen and oxygen atoms in total. The molecule has 0 saturated carbocycles. The number of rotatable bonds is 6. The quantitative estimate of drug-likeness (QED) is 0.439. The number of imidazole rings is 1. The summed E-state index contributed by atoms with van der Waals surface area (Å²) in [5.74, 6) is -3.50. The van der Waals surface area contributed by atoms with E-state index in [1.807, 2.05) is 0 Å². The molecule has 0 saturated heterocycles. The maximum Gasteiger partial charge on any atom is 0.281 e. The second-order valence-corrected chi connectivity index (χ2v) is 8.61. The molecule has 0 atom stereocenters. The van der Waals surface area contributed by atoms with E-state index in [1.54, 1.807) is 20.8 Å². The molecule has 3 rings (SSSR count). The second-order valence-electron chi connectivity index (χ2n) is 8.61. The van der Waals surface area contributed by atoms with E-state index in [4.69, 9.17) is 0 Å². The Morgan fingerprint density at radius 1 is 1.18 bits per heavy atom. The normalized spacial score (nSPS) is 11.6. The molecule has 0 radical (unpaired) electrons. The maximum atomic E-state index is 14.2. The molecular weight excluding hydrogens is 454 g/mol. The summed E-state index contributed by atoms with van der Waals surface area (Å²) >= 11 is 0. The minimum absolute atomic E-state index is 0.0181. The van der Waals surface area contributed by atoms with Crippen LogP contribution in [0, 0.1) is 24.0 Å². The third-order valence-electron chi connectivity index (χ3n) is 4.90. The first-order valence-electron chi connectivity index (χ1n) is 10.3. The van der Waals surface area contributed by atoms with Gasteiger partial charge in [0, 0.05) is 23.7 Å². The first-order chi connectivity index (χ1) is 15.9. The van der Waals surface area contributed by atoms with Gasteiger partial charge in [-0.15, -0.1) is 0 Å². The number of halogens is 4. The Morgan fingerprint density at radius 2 is 1.88 bits per heavy atom. The van der Waals surface area contributed by atoms with E-state index >= 15 is 0 Å². The molecule has 0 aliphatic heterocycles. The molecular formula is C23H23F4N5O2. The molecule has 34 heavy (non-hydrogen) atoms. The van der Waals surface area contributed by atoms with Gasteiger partial charge < -0.3 is 10.3 Å². The van der Waals surface area contributed by atoms with E-state index in [1.165, 1.54) is 25.1 Å². The lowest BCUT2D eigenvalue weighted by molar-refractivity contribution is -0.128. The van der Waals surface area contributed by atoms with Crippen LogP contribution in [-0.2, 0) is 11.3 Å². The number of amides is 2. The van der Waals surface area contributed by atoms with E-state index in [0.29, 0.717) is 5.56 Å².